The summed E-state index contributed by atoms with van der Waals surface area (Å²) in [6.45, 7) is 2.18. The fraction of sp³-hybridized carbons (Fsp3) is 0.556. The maximum atomic E-state index is 12.3. The van der Waals surface area contributed by atoms with Crippen LogP contribution in [0.1, 0.15) is 45.1 Å². The Morgan fingerprint density at radius 3 is 2.92 bits per heavy atom. The maximum Gasteiger partial charge on any atom is 0.214 e. The fourth-order valence-corrected chi connectivity index (χ4v) is 6.07. The molecule has 26 heavy (non-hydrogen) atoms. The Balaban J connectivity index is 1.50. The van der Waals surface area contributed by atoms with Gasteiger partial charge in [0.2, 0.25) is 10.0 Å². The molecule has 2 aliphatic carbocycles. The Kier molecular flexibility index (Phi) is 3.62. The van der Waals surface area contributed by atoms with Gasteiger partial charge in [0, 0.05) is 23.7 Å². The molecule has 0 amide bonds. The number of nitrogens with one attached hydrogen (secondary N) is 2. The van der Waals surface area contributed by atoms with E-state index in [2.05, 4.69) is 31.2 Å². The molecule has 138 valence electrons. The van der Waals surface area contributed by atoms with E-state index in [9.17, 15) is 8.42 Å². The quantitative estimate of drug-likeness (QED) is 0.719. The highest BCUT2D eigenvalue weighted by atomic mass is 32.2. The number of nitrogens with zero attached hydrogens (tertiary/aromatic N) is 3. The van der Waals surface area contributed by atoms with Crippen molar-refractivity contribution < 1.29 is 8.42 Å². The van der Waals surface area contributed by atoms with E-state index in [0.29, 0.717) is 5.92 Å². The first kappa shape index (κ1) is 16.3. The van der Waals surface area contributed by atoms with Crippen LogP contribution in [0.25, 0.3) is 22.1 Å². The summed E-state index contributed by atoms with van der Waals surface area (Å²) in [5.41, 5.74) is 2.83. The van der Waals surface area contributed by atoms with Crippen LogP contribution in [-0.4, -0.2) is 39.2 Å². The number of sulfonamides is 1. The molecule has 8 heteroatoms. The van der Waals surface area contributed by atoms with Crippen LogP contribution in [0.4, 0.5) is 0 Å². The monoisotopic (exact) mass is 373 g/mol. The Hall–Kier alpha value is -1.93. The minimum atomic E-state index is -3.15. The van der Waals surface area contributed by atoms with E-state index in [-0.39, 0.29) is 17.3 Å². The zero-order valence-electron chi connectivity index (χ0n) is 14.7. The highest BCUT2D eigenvalue weighted by Crippen LogP contribution is 2.41. The lowest BCUT2D eigenvalue weighted by Crippen LogP contribution is -2.35. The number of aromatic amines is 1. The standard InChI is InChI=1S/C18H23N5O2S/c1-2-11-7-12(22-26(24,25)13-3-4-13)8-16(11)23-10-21-15-9-20-18-14(17(15)23)5-6-19-18/h5-6,9-13,16,22H,2-4,7-8H2,1H3,(H,19,20). The highest BCUT2D eigenvalue weighted by Gasteiger charge is 2.41. The third-order valence-corrected chi connectivity index (χ3v) is 7.96. The van der Waals surface area contributed by atoms with Gasteiger partial charge in [-0.3, -0.25) is 0 Å². The van der Waals surface area contributed by atoms with Crippen LogP contribution in [-0.2, 0) is 10.0 Å². The predicted molar refractivity (Wildman–Crippen MR) is 100 cm³/mol. The summed E-state index contributed by atoms with van der Waals surface area (Å²) >= 11 is 0. The Labute approximate surface area is 152 Å². The number of pyridine rings is 1. The first-order valence-corrected chi connectivity index (χ1v) is 10.9. The summed E-state index contributed by atoms with van der Waals surface area (Å²) in [6.07, 6.45) is 9.90. The van der Waals surface area contributed by atoms with E-state index in [1.807, 2.05) is 18.6 Å². The fourth-order valence-electron chi connectivity index (χ4n) is 4.47. The number of fused-ring (bicyclic) bond motifs is 3. The largest absolute Gasteiger partial charge is 0.346 e. The van der Waals surface area contributed by atoms with Gasteiger partial charge in [-0.2, -0.15) is 0 Å². The van der Waals surface area contributed by atoms with Gasteiger partial charge >= 0.3 is 0 Å². The van der Waals surface area contributed by atoms with Gasteiger partial charge in [0.1, 0.15) is 11.2 Å². The van der Waals surface area contributed by atoms with Crippen molar-refractivity contribution in [1.82, 2.24) is 24.2 Å². The number of H-pyrrole nitrogens is 1. The number of hydrogen-bond donors (Lipinski definition) is 2. The van der Waals surface area contributed by atoms with Crippen molar-refractivity contribution in [2.45, 2.75) is 56.4 Å². The molecule has 7 nitrogen and oxygen atoms in total. The minimum Gasteiger partial charge on any atom is -0.346 e. The van der Waals surface area contributed by atoms with Gasteiger partial charge in [0.05, 0.1) is 23.3 Å². The average molecular weight is 373 g/mol. The number of aromatic nitrogens is 4. The molecule has 2 N–H and O–H groups in total. The van der Waals surface area contributed by atoms with Crippen LogP contribution >= 0.6 is 0 Å². The zero-order valence-corrected chi connectivity index (χ0v) is 15.5. The summed E-state index contributed by atoms with van der Waals surface area (Å²) in [5.74, 6) is 0.432. The lowest BCUT2D eigenvalue weighted by molar-refractivity contribution is 0.377. The van der Waals surface area contributed by atoms with Crippen molar-refractivity contribution in [2.75, 3.05) is 0 Å². The molecule has 3 unspecified atom stereocenters. The van der Waals surface area contributed by atoms with Crippen LogP contribution < -0.4 is 4.72 Å². The molecule has 5 rings (SSSR count). The lowest BCUT2D eigenvalue weighted by Gasteiger charge is -2.20. The molecule has 2 fully saturated rings. The smallest absolute Gasteiger partial charge is 0.214 e. The molecule has 0 aliphatic heterocycles. The van der Waals surface area contributed by atoms with Crippen molar-refractivity contribution in [2.24, 2.45) is 5.92 Å². The molecule has 0 saturated heterocycles. The second-order valence-corrected chi connectivity index (χ2v) is 9.64. The third kappa shape index (κ3) is 2.54. The van der Waals surface area contributed by atoms with E-state index >= 15 is 0 Å². The van der Waals surface area contributed by atoms with Crippen molar-refractivity contribution in [3.8, 4) is 0 Å². The van der Waals surface area contributed by atoms with Crippen LogP contribution in [0.3, 0.4) is 0 Å². The normalized spacial score (nSPS) is 26.9. The van der Waals surface area contributed by atoms with Crippen LogP contribution in [0.2, 0.25) is 0 Å². The summed E-state index contributed by atoms with van der Waals surface area (Å²) in [4.78, 5) is 12.1. The van der Waals surface area contributed by atoms with Crippen molar-refractivity contribution in [1.29, 1.82) is 0 Å². The molecular formula is C18H23N5O2S. The SMILES string of the molecule is CCC1CC(NS(=O)(=O)C2CC2)CC1n1cnc2cnc3[nH]ccc3c21. The maximum absolute atomic E-state index is 12.3. The van der Waals surface area contributed by atoms with E-state index in [1.165, 1.54) is 0 Å². The van der Waals surface area contributed by atoms with Gasteiger partial charge < -0.3 is 9.55 Å². The summed E-state index contributed by atoms with van der Waals surface area (Å²) < 4.78 is 29.9. The van der Waals surface area contributed by atoms with Gasteiger partial charge in [0.15, 0.2) is 0 Å². The highest BCUT2D eigenvalue weighted by molar-refractivity contribution is 7.90. The van der Waals surface area contributed by atoms with Crippen LogP contribution in [0.5, 0.6) is 0 Å². The molecule has 0 bridgehead atoms. The average Bonchev–Trinajstić information content (AvgIpc) is 3.06. The Morgan fingerprint density at radius 1 is 1.31 bits per heavy atom. The van der Waals surface area contributed by atoms with Gasteiger partial charge in [-0.05, 0) is 37.7 Å². The summed E-state index contributed by atoms with van der Waals surface area (Å²) in [5, 5.41) is 0.901. The molecule has 3 aromatic heterocycles. The number of rotatable bonds is 5. The molecule has 2 saturated carbocycles. The van der Waals surface area contributed by atoms with Crippen LogP contribution in [0, 0.1) is 5.92 Å². The molecule has 0 spiro atoms. The van der Waals surface area contributed by atoms with Gasteiger partial charge in [-0.1, -0.05) is 13.3 Å². The first-order chi connectivity index (χ1) is 12.6. The summed E-state index contributed by atoms with van der Waals surface area (Å²) in [7, 11) is -3.15. The van der Waals surface area contributed by atoms with E-state index in [0.717, 1.165) is 54.2 Å². The van der Waals surface area contributed by atoms with E-state index in [4.69, 9.17) is 0 Å². The topological polar surface area (TPSA) is 92.7 Å². The molecule has 0 aromatic carbocycles. The van der Waals surface area contributed by atoms with Crippen molar-refractivity contribution in [3.63, 3.8) is 0 Å². The second-order valence-electron chi connectivity index (χ2n) is 7.65. The van der Waals surface area contributed by atoms with Gasteiger partial charge in [0.25, 0.3) is 0 Å². The van der Waals surface area contributed by atoms with Crippen molar-refractivity contribution >= 4 is 32.1 Å². The molecule has 3 aromatic rings. The molecule has 3 heterocycles. The van der Waals surface area contributed by atoms with Crippen molar-refractivity contribution in [3.05, 3.63) is 24.8 Å². The third-order valence-electron chi connectivity index (χ3n) is 5.95. The van der Waals surface area contributed by atoms with Gasteiger partial charge in [-0.25, -0.2) is 23.1 Å². The van der Waals surface area contributed by atoms with Crippen LogP contribution in [0.15, 0.2) is 24.8 Å². The molecular weight excluding hydrogens is 350 g/mol. The lowest BCUT2D eigenvalue weighted by atomic mass is 10.0. The van der Waals surface area contributed by atoms with E-state index < -0.39 is 10.0 Å². The first-order valence-electron chi connectivity index (χ1n) is 9.36. The predicted octanol–water partition coefficient (Wildman–Crippen LogP) is 2.72. The zero-order chi connectivity index (χ0) is 17.9. The molecule has 2 aliphatic rings. The number of imidazole rings is 1. The molecule has 0 radical (unpaired) electrons. The number of hydrogen-bond acceptors (Lipinski definition) is 4. The van der Waals surface area contributed by atoms with Gasteiger partial charge in [-0.15, -0.1) is 0 Å². The second kappa shape index (κ2) is 5.79. The van der Waals surface area contributed by atoms with E-state index in [1.54, 1.807) is 6.20 Å². The molecule has 3 atom stereocenters. The Morgan fingerprint density at radius 2 is 2.15 bits per heavy atom. The Bertz CT molecular complexity index is 1070. The summed E-state index contributed by atoms with van der Waals surface area (Å²) in [6, 6.07) is 2.29. The minimum absolute atomic E-state index is 0.0107.